The molecule has 17 heavy (non-hydrogen) atoms. The van der Waals surface area contributed by atoms with Gasteiger partial charge >= 0.3 is 0 Å². The molecule has 2 aromatic carbocycles. The number of thiol groups is 1. The number of rotatable bonds is 3. The molecule has 0 spiro atoms. The Hall–Kier alpha value is -1.55. The van der Waals surface area contributed by atoms with Gasteiger partial charge in [-0.1, -0.05) is 12.1 Å². The highest BCUT2D eigenvalue weighted by Gasteiger charge is 2.03. The summed E-state index contributed by atoms with van der Waals surface area (Å²) in [7, 11) is 0. The van der Waals surface area contributed by atoms with Crippen molar-refractivity contribution in [2.75, 3.05) is 0 Å². The molecule has 0 bridgehead atoms. The molecule has 2 aromatic rings. The van der Waals surface area contributed by atoms with Crippen LogP contribution in [0.4, 0.5) is 8.78 Å². The molecule has 0 saturated carbocycles. The van der Waals surface area contributed by atoms with Crippen LogP contribution in [0.25, 0.3) is 0 Å². The van der Waals surface area contributed by atoms with Gasteiger partial charge in [0.25, 0.3) is 0 Å². The summed E-state index contributed by atoms with van der Waals surface area (Å²) in [6.45, 7) is 0.175. The first-order valence-electron chi connectivity index (χ1n) is 5.01. The molecular weight excluding hydrogens is 242 g/mol. The lowest BCUT2D eigenvalue weighted by molar-refractivity contribution is 0.296. The SMILES string of the molecule is Fc1cccc(COc2cc(F)ccc2S)c1. The Morgan fingerprint density at radius 1 is 1.00 bits per heavy atom. The summed E-state index contributed by atoms with van der Waals surface area (Å²) in [6, 6.07) is 10.1. The smallest absolute Gasteiger partial charge is 0.136 e. The molecular formula is C13H10F2OS. The molecule has 0 atom stereocenters. The van der Waals surface area contributed by atoms with Crippen molar-refractivity contribution in [3.63, 3.8) is 0 Å². The average Bonchev–Trinajstić information content (AvgIpc) is 2.30. The molecule has 0 aliphatic carbocycles. The second kappa shape index (κ2) is 5.19. The molecule has 0 N–H and O–H groups in total. The molecule has 2 rings (SSSR count). The van der Waals surface area contributed by atoms with Crippen LogP contribution >= 0.6 is 12.6 Å². The standard InChI is InChI=1S/C13H10F2OS/c14-10-3-1-2-9(6-10)8-16-12-7-11(15)4-5-13(12)17/h1-7,17H,8H2. The van der Waals surface area contributed by atoms with Crippen molar-refractivity contribution >= 4 is 12.6 Å². The van der Waals surface area contributed by atoms with Crippen molar-refractivity contribution in [1.82, 2.24) is 0 Å². The van der Waals surface area contributed by atoms with E-state index in [2.05, 4.69) is 12.6 Å². The van der Waals surface area contributed by atoms with Crippen molar-refractivity contribution in [1.29, 1.82) is 0 Å². The minimum atomic E-state index is -0.392. The van der Waals surface area contributed by atoms with Crippen LogP contribution in [0.5, 0.6) is 5.75 Å². The van der Waals surface area contributed by atoms with Crippen LogP contribution in [-0.4, -0.2) is 0 Å². The van der Waals surface area contributed by atoms with Crippen LogP contribution in [0, 0.1) is 11.6 Å². The highest BCUT2D eigenvalue weighted by atomic mass is 32.1. The molecule has 0 heterocycles. The van der Waals surface area contributed by atoms with Crippen LogP contribution in [0.3, 0.4) is 0 Å². The van der Waals surface area contributed by atoms with E-state index in [0.29, 0.717) is 16.2 Å². The maximum absolute atomic E-state index is 13.0. The van der Waals surface area contributed by atoms with E-state index in [1.54, 1.807) is 12.1 Å². The zero-order valence-electron chi connectivity index (χ0n) is 8.86. The first kappa shape index (κ1) is 11.9. The van der Waals surface area contributed by atoms with Crippen LogP contribution in [0.1, 0.15) is 5.56 Å². The van der Waals surface area contributed by atoms with Gasteiger partial charge < -0.3 is 4.74 Å². The summed E-state index contributed by atoms with van der Waals surface area (Å²) in [5.41, 5.74) is 0.682. The maximum atomic E-state index is 13.0. The van der Waals surface area contributed by atoms with Gasteiger partial charge in [0.05, 0.1) is 0 Å². The summed E-state index contributed by atoms with van der Waals surface area (Å²) in [5, 5.41) is 0. The molecule has 0 fully saturated rings. The fourth-order valence-electron chi connectivity index (χ4n) is 1.39. The molecule has 0 aromatic heterocycles. The average molecular weight is 252 g/mol. The van der Waals surface area contributed by atoms with Crippen LogP contribution in [0.15, 0.2) is 47.4 Å². The third-order valence-electron chi connectivity index (χ3n) is 2.21. The lowest BCUT2D eigenvalue weighted by Gasteiger charge is -2.08. The van der Waals surface area contributed by atoms with Crippen molar-refractivity contribution in [3.05, 3.63) is 59.7 Å². The molecule has 88 valence electrons. The zero-order chi connectivity index (χ0) is 12.3. The van der Waals surface area contributed by atoms with Gasteiger partial charge in [-0.15, -0.1) is 12.6 Å². The minimum Gasteiger partial charge on any atom is -0.488 e. The van der Waals surface area contributed by atoms with Gasteiger partial charge in [-0.3, -0.25) is 0 Å². The monoisotopic (exact) mass is 252 g/mol. The quantitative estimate of drug-likeness (QED) is 0.817. The van der Waals surface area contributed by atoms with E-state index < -0.39 is 5.82 Å². The van der Waals surface area contributed by atoms with Crippen molar-refractivity contribution in [2.24, 2.45) is 0 Å². The predicted molar refractivity (Wildman–Crippen MR) is 64.4 cm³/mol. The number of hydrogen-bond donors (Lipinski definition) is 1. The van der Waals surface area contributed by atoms with Gasteiger partial charge in [0.15, 0.2) is 0 Å². The highest BCUT2D eigenvalue weighted by molar-refractivity contribution is 7.80. The second-order valence-electron chi connectivity index (χ2n) is 3.53. The number of halogens is 2. The fraction of sp³-hybridized carbons (Fsp3) is 0.0769. The molecule has 1 nitrogen and oxygen atoms in total. The van der Waals surface area contributed by atoms with Gasteiger partial charge in [0.2, 0.25) is 0 Å². The summed E-state index contributed by atoms with van der Waals surface area (Å²) < 4.78 is 31.2. The maximum Gasteiger partial charge on any atom is 0.136 e. The third kappa shape index (κ3) is 3.20. The van der Waals surface area contributed by atoms with Gasteiger partial charge in [-0.25, -0.2) is 8.78 Å². The van der Waals surface area contributed by atoms with E-state index in [4.69, 9.17) is 4.74 Å². The largest absolute Gasteiger partial charge is 0.488 e. The van der Waals surface area contributed by atoms with Gasteiger partial charge in [-0.05, 0) is 29.8 Å². The van der Waals surface area contributed by atoms with Crippen LogP contribution in [-0.2, 0) is 6.61 Å². The summed E-state index contributed by atoms with van der Waals surface area (Å²) >= 11 is 4.15. The van der Waals surface area contributed by atoms with Crippen molar-refractivity contribution < 1.29 is 13.5 Å². The number of hydrogen-bond acceptors (Lipinski definition) is 2. The topological polar surface area (TPSA) is 9.23 Å². The van der Waals surface area contributed by atoms with E-state index in [0.717, 1.165) is 0 Å². The van der Waals surface area contributed by atoms with Crippen molar-refractivity contribution in [3.8, 4) is 5.75 Å². The Bertz CT molecular complexity index is 529. The normalized spacial score (nSPS) is 10.3. The Labute approximate surface area is 103 Å². The molecule has 0 saturated heterocycles. The number of ether oxygens (including phenoxy) is 1. The second-order valence-corrected chi connectivity index (χ2v) is 4.01. The van der Waals surface area contributed by atoms with E-state index in [9.17, 15) is 8.78 Å². The Morgan fingerprint density at radius 2 is 1.76 bits per heavy atom. The lowest BCUT2D eigenvalue weighted by Crippen LogP contribution is -1.97. The van der Waals surface area contributed by atoms with Gasteiger partial charge in [-0.2, -0.15) is 0 Å². The molecule has 4 heteroatoms. The zero-order valence-corrected chi connectivity index (χ0v) is 9.75. The van der Waals surface area contributed by atoms with E-state index >= 15 is 0 Å². The third-order valence-corrected chi connectivity index (χ3v) is 2.57. The summed E-state index contributed by atoms with van der Waals surface area (Å²) in [4.78, 5) is 0.544. The molecule has 0 radical (unpaired) electrons. The molecule has 0 unspecified atom stereocenters. The Balaban J connectivity index is 2.09. The summed E-state index contributed by atoms with van der Waals surface area (Å²) in [5.74, 6) is -0.369. The molecule has 0 amide bonds. The Kier molecular flexibility index (Phi) is 3.64. The first-order valence-corrected chi connectivity index (χ1v) is 5.45. The molecule has 0 aliphatic heterocycles. The predicted octanol–water partition coefficient (Wildman–Crippen LogP) is 3.83. The van der Waals surface area contributed by atoms with Crippen molar-refractivity contribution in [2.45, 2.75) is 11.5 Å². The van der Waals surface area contributed by atoms with Crippen LogP contribution in [0.2, 0.25) is 0 Å². The lowest BCUT2D eigenvalue weighted by atomic mass is 10.2. The highest BCUT2D eigenvalue weighted by Crippen LogP contribution is 2.24. The van der Waals surface area contributed by atoms with Gasteiger partial charge in [0, 0.05) is 11.0 Å². The first-order chi connectivity index (χ1) is 8.15. The van der Waals surface area contributed by atoms with E-state index in [-0.39, 0.29) is 12.4 Å². The minimum absolute atomic E-state index is 0.175. The fourth-order valence-corrected chi connectivity index (χ4v) is 1.60. The van der Waals surface area contributed by atoms with E-state index in [1.165, 1.54) is 30.3 Å². The molecule has 0 aliphatic rings. The number of benzene rings is 2. The van der Waals surface area contributed by atoms with Crippen LogP contribution < -0.4 is 4.74 Å². The van der Waals surface area contributed by atoms with Gasteiger partial charge in [0.1, 0.15) is 24.0 Å². The Morgan fingerprint density at radius 3 is 2.53 bits per heavy atom. The van der Waals surface area contributed by atoms with E-state index in [1.807, 2.05) is 0 Å². The summed E-state index contributed by atoms with van der Waals surface area (Å²) in [6.07, 6.45) is 0.